The van der Waals surface area contributed by atoms with Crippen molar-refractivity contribution in [1.82, 2.24) is 5.32 Å². The quantitative estimate of drug-likeness (QED) is 0.703. The Morgan fingerprint density at radius 1 is 1.08 bits per heavy atom. The van der Waals surface area contributed by atoms with Gasteiger partial charge in [-0.1, -0.05) is 27.7 Å². The molecule has 12 heavy (non-hydrogen) atoms. The van der Waals surface area contributed by atoms with Gasteiger partial charge in [-0.2, -0.15) is 5.26 Å². The van der Waals surface area contributed by atoms with E-state index in [1.807, 2.05) is 0 Å². The van der Waals surface area contributed by atoms with Crippen molar-refractivity contribution in [2.45, 2.75) is 34.6 Å². The summed E-state index contributed by atoms with van der Waals surface area (Å²) in [4.78, 5) is 0. The SMILES string of the molecule is CC#N.CC(C)CNCC(C)C. The van der Waals surface area contributed by atoms with E-state index in [0.717, 1.165) is 24.9 Å². The lowest BCUT2D eigenvalue weighted by atomic mass is 10.2. The van der Waals surface area contributed by atoms with Crippen LogP contribution >= 0.6 is 0 Å². The van der Waals surface area contributed by atoms with Gasteiger partial charge in [0.15, 0.2) is 0 Å². The molecule has 0 fully saturated rings. The summed E-state index contributed by atoms with van der Waals surface area (Å²) in [7, 11) is 0. The number of nitrogens with zero attached hydrogens (tertiary/aromatic N) is 1. The average Bonchev–Trinajstić information content (AvgIpc) is 1.87. The minimum Gasteiger partial charge on any atom is -0.316 e. The third-order valence-electron chi connectivity index (χ3n) is 1.11. The number of hydrogen-bond donors (Lipinski definition) is 1. The third kappa shape index (κ3) is 22.7. The second kappa shape index (κ2) is 10.4. The first kappa shape index (κ1) is 14.0. The van der Waals surface area contributed by atoms with Crippen LogP contribution in [0.1, 0.15) is 34.6 Å². The number of rotatable bonds is 4. The van der Waals surface area contributed by atoms with E-state index in [-0.39, 0.29) is 0 Å². The lowest BCUT2D eigenvalue weighted by Gasteiger charge is -2.08. The van der Waals surface area contributed by atoms with E-state index in [1.54, 1.807) is 6.07 Å². The predicted octanol–water partition coefficient (Wildman–Crippen LogP) is 2.42. The van der Waals surface area contributed by atoms with Crippen LogP contribution in [0.5, 0.6) is 0 Å². The van der Waals surface area contributed by atoms with E-state index in [9.17, 15) is 0 Å². The van der Waals surface area contributed by atoms with Gasteiger partial charge in [-0.05, 0) is 24.9 Å². The molecule has 0 atom stereocenters. The highest BCUT2D eigenvalue weighted by atomic mass is 14.9. The molecule has 0 heterocycles. The Balaban J connectivity index is 0. The fourth-order valence-corrected chi connectivity index (χ4v) is 0.661. The molecule has 0 aliphatic rings. The molecule has 2 heteroatoms. The molecule has 0 saturated carbocycles. The summed E-state index contributed by atoms with van der Waals surface area (Å²) >= 11 is 0. The van der Waals surface area contributed by atoms with Crippen LogP contribution in [0.15, 0.2) is 0 Å². The summed E-state index contributed by atoms with van der Waals surface area (Å²) in [6.45, 7) is 12.7. The Bertz CT molecular complexity index is 103. The molecule has 0 saturated heterocycles. The number of nitriles is 1. The Hall–Kier alpha value is -0.550. The highest BCUT2D eigenvalue weighted by Crippen LogP contribution is 1.90. The van der Waals surface area contributed by atoms with Gasteiger partial charge in [-0.15, -0.1) is 0 Å². The first-order valence-corrected chi connectivity index (χ1v) is 4.56. The van der Waals surface area contributed by atoms with E-state index in [2.05, 4.69) is 33.0 Å². The summed E-state index contributed by atoms with van der Waals surface area (Å²) in [5.41, 5.74) is 0. The van der Waals surface area contributed by atoms with Crippen LogP contribution in [0.4, 0.5) is 0 Å². The van der Waals surface area contributed by atoms with Crippen LogP contribution in [0, 0.1) is 23.2 Å². The highest BCUT2D eigenvalue weighted by molar-refractivity contribution is 4.53. The second-order valence-corrected chi connectivity index (χ2v) is 3.67. The summed E-state index contributed by atoms with van der Waals surface area (Å²) in [5, 5.41) is 10.7. The molecule has 0 aromatic heterocycles. The maximum absolute atomic E-state index is 7.32. The van der Waals surface area contributed by atoms with Crippen LogP contribution in [-0.2, 0) is 0 Å². The first-order chi connectivity index (χ1) is 5.54. The van der Waals surface area contributed by atoms with Gasteiger partial charge >= 0.3 is 0 Å². The molecule has 0 rings (SSSR count). The van der Waals surface area contributed by atoms with Crippen molar-refractivity contribution >= 4 is 0 Å². The lowest BCUT2D eigenvalue weighted by molar-refractivity contribution is 0.497. The van der Waals surface area contributed by atoms with E-state index in [1.165, 1.54) is 6.92 Å². The van der Waals surface area contributed by atoms with Crippen LogP contribution in [-0.4, -0.2) is 13.1 Å². The maximum atomic E-state index is 7.32. The largest absolute Gasteiger partial charge is 0.316 e. The zero-order chi connectivity index (χ0) is 9.98. The van der Waals surface area contributed by atoms with Crippen molar-refractivity contribution in [3.05, 3.63) is 0 Å². The Morgan fingerprint density at radius 3 is 1.50 bits per heavy atom. The van der Waals surface area contributed by atoms with Crippen molar-refractivity contribution in [1.29, 1.82) is 5.26 Å². The Kier molecular flexibility index (Phi) is 12.2. The molecule has 0 aliphatic carbocycles. The molecule has 0 aliphatic heterocycles. The second-order valence-electron chi connectivity index (χ2n) is 3.67. The molecule has 72 valence electrons. The average molecular weight is 170 g/mol. The molecule has 2 nitrogen and oxygen atoms in total. The third-order valence-corrected chi connectivity index (χ3v) is 1.11. The van der Waals surface area contributed by atoms with Gasteiger partial charge in [0.05, 0.1) is 6.07 Å². The zero-order valence-corrected chi connectivity index (χ0v) is 9.02. The van der Waals surface area contributed by atoms with Gasteiger partial charge in [0.1, 0.15) is 0 Å². The van der Waals surface area contributed by atoms with E-state index >= 15 is 0 Å². The van der Waals surface area contributed by atoms with Crippen LogP contribution in [0.2, 0.25) is 0 Å². The predicted molar refractivity (Wildman–Crippen MR) is 53.8 cm³/mol. The van der Waals surface area contributed by atoms with Crippen LogP contribution in [0.3, 0.4) is 0 Å². The van der Waals surface area contributed by atoms with Crippen molar-refractivity contribution in [3.63, 3.8) is 0 Å². The fourth-order valence-electron chi connectivity index (χ4n) is 0.661. The van der Waals surface area contributed by atoms with Gasteiger partial charge in [-0.25, -0.2) is 0 Å². The van der Waals surface area contributed by atoms with E-state index in [4.69, 9.17) is 5.26 Å². The van der Waals surface area contributed by atoms with Gasteiger partial charge < -0.3 is 5.32 Å². The topological polar surface area (TPSA) is 35.8 Å². The minimum absolute atomic E-state index is 0.781. The number of hydrogen-bond acceptors (Lipinski definition) is 2. The molecular weight excluding hydrogens is 148 g/mol. The van der Waals surface area contributed by atoms with Crippen molar-refractivity contribution in [2.24, 2.45) is 11.8 Å². The summed E-state index contributed by atoms with van der Waals surface area (Å²) < 4.78 is 0. The lowest BCUT2D eigenvalue weighted by Crippen LogP contribution is -2.23. The molecular formula is C10H22N2. The standard InChI is InChI=1S/C8H19N.C2H3N/c1-7(2)5-9-6-8(3)4;1-2-3/h7-9H,5-6H2,1-4H3;1H3. The Morgan fingerprint density at radius 2 is 1.33 bits per heavy atom. The minimum atomic E-state index is 0.781. The van der Waals surface area contributed by atoms with E-state index in [0.29, 0.717) is 0 Å². The molecule has 0 aromatic carbocycles. The summed E-state index contributed by atoms with van der Waals surface area (Å²) in [6, 6.07) is 1.75. The van der Waals surface area contributed by atoms with Gasteiger partial charge in [0, 0.05) is 6.92 Å². The number of nitrogens with one attached hydrogen (secondary N) is 1. The van der Waals surface area contributed by atoms with Gasteiger partial charge in [0.2, 0.25) is 0 Å². The van der Waals surface area contributed by atoms with Gasteiger partial charge in [0.25, 0.3) is 0 Å². The zero-order valence-electron chi connectivity index (χ0n) is 9.02. The van der Waals surface area contributed by atoms with Crippen molar-refractivity contribution < 1.29 is 0 Å². The smallest absolute Gasteiger partial charge is 0.0587 e. The molecule has 0 spiro atoms. The molecule has 1 N–H and O–H groups in total. The fraction of sp³-hybridized carbons (Fsp3) is 0.900. The highest BCUT2D eigenvalue weighted by Gasteiger charge is 1.93. The van der Waals surface area contributed by atoms with Crippen molar-refractivity contribution in [3.8, 4) is 6.07 Å². The van der Waals surface area contributed by atoms with Crippen molar-refractivity contribution in [2.75, 3.05) is 13.1 Å². The maximum Gasteiger partial charge on any atom is 0.0587 e. The first-order valence-electron chi connectivity index (χ1n) is 4.56. The molecule has 0 aromatic rings. The van der Waals surface area contributed by atoms with Crippen LogP contribution < -0.4 is 5.32 Å². The molecule has 0 unspecified atom stereocenters. The van der Waals surface area contributed by atoms with Gasteiger partial charge in [-0.3, -0.25) is 0 Å². The molecule has 0 radical (unpaired) electrons. The monoisotopic (exact) mass is 170 g/mol. The van der Waals surface area contributed by atoms with E-state index < -0.39 is 0 Å². The summed E-state index contributed by atoms with van der Waals surface area (Å²) in [6.07, 6.45) is 0. The molecule has 0 bridgehead atoms. The molecule has 0 amide bonds. The Labute approximate surface area is 77.0 Å². The summed E-state index contributed by atoms with van der Waals surface area (Å²) in [5.74, 6) is 1.56. The normalized spacial score (nSPS) is 9.17. The van der Waals surface area contributed by atoms with Crippen LogP contribution in [0.25, 0.3) is 0 Å².